The SMILES string of the molecule is Cn1nccc1S(=O)(=O)Nc1ccc(F)cc1C(=N)N. The molecular formula is C11H12FN5O2S. The first-order valence-electron chi connectivity index (χ1n) is 5.46. The lowest BCUT2D eigenvalue weighted by Gasteiger charge is -2.11. The predicted octanol–water partition coefficient (Wildman–Crippen LogP) is 0.644. The van der Waals surface area contributed by atoms with E-state index in [1.807, 2.05) is 0 Å². The summed E-state index contributed by atoms with van der Waals surface area (Å²) in [5.74, 6) is -1.05. The van der Waals surface area contributed by atoms with Gasteiger partial charge in [-0.25, -0.2) is 4.39 Å². The van der Waals surface area contributed by atoms with E-state index in [4.69, 9.17) is 11.1 Å². The van der Waals surface area contributed by atoms with E-state index in [0.29, 0.717) is 0 Å². The monoisotopic (exact) mass is 297 g/mol. The molecule has 0 aliphatic heterocycles. The summed E-state index contributed by atoms with van der Waals surface area (Å²) in [6.07, 6.45) is 1.34. The Morgan fingerprint density at radius 3 is 2.70 bits per heavy atom. The molecule has 20 heavy (non-hydrogen) atoms. The number of sulfonamides is 1. The molecule has 0 saturated carbocycles. The Bertz CT molecular complexity index is 769. The fourth-order valence-corrected chi connectivity index (χ4v) is 2.86. The number of hydrogen-bond acceptors (Lipinski definition) is 4. The summed E-state index contributed by atoms with van der Waals surface area (Å²) < 4.78 is 40.9. The molecule has 0 aliphatic carbocycles. The summed E-state index contributed by atoms with van der Waals surface area (Å²) in [7, 11) is -2.42. The fourth-order valence-electron chi connectivity index (χ4n) is 1.65. The number of rotatable bonds is 4. The molecule has 0 radical (unpaired) electrons. The third-order valence-electron chi connectivity index (χ3n) is 2.57. The number of aromatic nitrogens is 2. The molecule has 0 fully saturated rings. The van der Waals surface area contributed by atoms with Gasteiger partial charge in [0.2, 0.25) is 0 Å². The standard InChI is InChI=1S/C11H12FN5O2S/c1-17-10(4-5-15-17)20(18,19)16-9-3-2-7(12)6-8(9)11(13)14/h2-6,16H,1H3,(H3,13,14). The summed E-state index contributed by atoms with van der Waals surface area (Å²) in [6, 6.07) is 4.59. The number of aryl methyl sites for hydroxylation is 1. The lowest BCUT2D eigenvalue weighted by Crippen LogP contribution is -2.20. The fraction of sp³-hybridized carbons (Fsp3) is 0.0909. The summed E-state index contributed by atoms with van der Waals surface area (Å²) in [6.45, 7) is 0. The van der Waals surface area contributed by atoms with Gasteiger partial charge in [-0.1, -0.05) is 0 Å². The van der Waals surface area contributed by atoms with Crippen LogP contribution in [-0.2, 0) is 17.1 Å². The second-order valence-corrected chi connectivity index (χ2v) is 5.63. The molecule has 7 nitrogen and oxygen atoms in total. The minimum Gasteiger partial charge on any atom is -0.384 e. The quantitative estimate of drug-likeness (QED) is 0.567. The first kappa shape index (κ1) is 14.0. The smallest absolute Gasteiger partial charge is 0.279 e. The minimum atomic E-state index is -3.89. The number of nitrogens with zero attached hydrogens (tertiary/aromatic N) is 2. The Labute approximate surface area is 114 Å². The van der Waals surface area contributed by atoms with Crippen LogP contribution in [0, 0.1) is 11.2 Å². The molecular weight excluding hydrogens is 285 g/mol. The first-order chi connectivity index (χ1) is 9.31. The van der Waals surface area contributed by atoms with Gasteiger partial charge in [0.1, 0.15) is 11.7 Å². The number of nitrogen functional groups attached to an aromatic ring is 1. The molecule has 2 aromatic rings. The van der Waals surface area contributed by atoms with Gasteiger partial charge in [-0.2, -0.15) is 13.5 Å². The summed E-state index contributed by atoms with van der Waals surface area (Å²) in [5.41, 5.74) is 5.31. The molecule has 2 rings (SSSR count). The van der Waals surface area contributed by atoms with E-state index in [-0.39, 0.29) is 16.3 Å². The number of anilines is 1. The zero-order valence-electron chi connectivity index (χ0n) is 10.5. The van der Waals surface area contributed by atoms with Crippen LogP contribution in [-0.4, -0.2) is 24.0 Å². The van der Waals surface area contributed by atoms with Crippen molar-refractivity contribution in [2.45, 2.75) is 5.03 Å². The molecule has 1 heterocycles. The lowest BCUT2D eigenvalue weighted by atomic mass is 10.1. The van der Waals surface area contributed by atoms with Gasteiger partial charge in [0.25, 0.3) is 10.0 Å². The molecule has 0 amide bonds. The Morgan fingerprint density at radius 1 is 1.45 bits per heavy atom. The molecule has 0 unspecified atom stereocenters. The molecule has 0 spiro atoms. The van der Waals surface area contributed by atoms with Crippen molar-refractivity contribution in [3.63, 3.8) is 0 Å². The Morgan fingerprint density at radius 2 is 2.15 bits per heavy atom. The molecule has 0 saturated heterocycles. The van der Waals surface area contributed by atoms with Crippen molar-refractivity contribution in [1.29, 1.82) is 5.41 Å². The summed E-state index contributed by atoms with van der Waals surface area (Å²) in [4.78, 5) is 0. The van der Waals surface area contributed by atoms with E-state index in [0.717, 1.165) is 12.1 Å². The van der Waals surface area contributed by atoms with Crippen LogP contribution in [0.5, 0.6) is 0 Å². The summed E-state index contributed by atoms with van der Waals surface area (Å²) >= 11 is 0. The van der Waals surface area contributed by atoms with Crippen molar-refractivity contribution < 1.29 is 12.8 Å². The Kier molecular flexibility index (Phi) is 3.45. The molecule has 4 N–H and O–H groups in total. The van der Waals surface area contributed by atoms with Crippen molar-refractivity contribution in [3.05, 3.63) is 41.8 Å². The highest BCUT2D eigenvalue weighted by molar-refractivity contribution is 7.92. The van der Waals surface area contributed by atoms with Crippen molar-refractivity contribution in [2.24, 2.45) is 12.8 Å². The highest BCUT2D eigenvalue weighted by Gasteiger charge is 2.20. The van der Waals surface area contributed by atoms with Crippen LogP contribution in [0.4, 0.5) is 10.1 Å². The molecule has 1 aromatic heterocycles. The second-order valence-electron chi connectivity index (χ2n) is 4.00. The third kappa shape index (κ3) is 2.62. The van der Waals surface area contributed by atoms with E-state index in [9.17, 15) is 12.8 Å². The van der Waals surface area contributed by atoms with E-state index >= 15 is 0 Å². The van der Waals surface area contributed by atoms with Crippen LogP contribution in [0.1, 0.15) is 5.56 Å². The Hall–Kier alpha value is -2.42. The zero-order chi connectivity index (χ0) is 14.9. The average Bonchev–Trinajstić information content (AvgIpc) is 2.78. The van der Waals surface area contributed by atoms with E-state index < -0.39 is 21.7 Å². The molecule has 0 bridgehead atoms. The van der Waals surface area contributed by atoms with Crippen LogP contribution in [0.2, 0.25) is 0 Å². The largest absolute Gasteiger partial charge is 0.384 e. The molecule has 9 heteroatoms. The van der Waals surface area contributed by atoms with E-state index in [1.54, 1.807) is 0 Å². The average molecular weight is 297 g/mol. The lowest BCUT2D eigenvalue weighted by molar-refractivity contribution is 0.582. The highest BCUT2D eigenvalue weighted by atomic mass is 32.2. The van der Waals surface area contributed by atoms with Gasteiger partial charge in [-0.15, -0.1) is 0 Å². The maximum atomic E-state index is 13.1. The molecule has 106 valence electrons. The third-order valence-corrected chi connectivity index (χ3v) is 4.01. The van der Waals surface area contributed by atoms with Crippen molar-refractivity contribution in [1.82, 2.24) is 9.78 Å². The van der Waals surface area contributed by atoms with E-state index in [2.05, 4.69) is 9.82 Å². The molecule has 0 aliphatic rings. The van der Waals surface area contributed by atoms with E-state index in [1.165, 1.54) is 30.1 Å². The highest BCUT2D eigenvalue weighted by Crippen LogP contribution is 2.20. The molecule has 0 atom stereocenters. The number of halogens is 1. The maximum absolute atomic E-state index is 13.1. The molecule has 1 aromatic carbocycles. The van der Waals surface area contributed by atoms with Crippen LogP contribution in [0.15, 0.2) is 35.5 Å². The number of amidine groups is 1. The zero-order valence-corrected chi connectivity index (χ0v) is 11.3. The topological polar surface area (TPSA) is 114 Å². The predicted molar refractivity (Wildman–Crippen MR) is 71.4 cm³/mol. The van der Waals surface area contributed by atoms with Gasteiger partial charge < -0.3 is 5.73 Å². The van der Waals surface area contributed by atoms with Crippen LogP contribution < -0.4 is 10.5 Å². The number of nitrogens with one attached hydrogen (secondary N) is 2. The van der Waals surface area contributed by atoms with Gasteiger partial charge in [0.15, 0.2) is 5.03 Å². The van der Waals surface area contributed by atoms with Gasteiger partial charge >= 0.3 is 0 Å². The minimum absolute atomic E-state index is 0.0279. The van der Waals surface area contributed by atoms with Gasteiger partial charge in [-0.3, -0.25) is 14.8 Å². The van der Waals surface area contributed by atoms with Crippen molar-refractivity contribution in [2.75, 3.05) is 4.72 Å². The maximum Gasteiger partial charge on any atom is 0.279 e. The van der Waals surface area contributed by atoms with Crippen molar-refractivity contribution in [3.8, 4) is 0 Å². The summed E-state index contributed by atoms with van der Waals surface area (Å²) in [5, 5.41) is 11.1. The number of benzene rings is 1. The van der Waals surface area contributed by atoms with Gasteiger partial charge in [-0.05, 0) is 24.3 Å². The Balaban J connectivity index is 2.45. The van der Waals surface area contributed by atoms with Crippen molar-refractivity contribution >= 4 is 21.5 Å². The van der Waals surface area contributed by atoms with Gasteiger partial charge in [0.05, 0.1) is 11.9 Å². The number of nitrogens with two attached hydrogens (primary N) is 1. The van der Waals surface area contributed by atoms with Crippen LogP contribution >= 0.6 is 0 Å². The normalized spacial score (nSPS) is 11.3. The van der Waals surface area contributed by atoms with Crippen LogP contribution in [0.25, 0.3) is 0 Å². The first-order valence-corrected chi connectivity index (χ1v) is 6.94. The van der Waals surface area contributed by atoms with Gasteiger partial charge in [0, 0.05) is 12.6 Å². The second kappa shape index (κ2) is 4.93. The number of hydrogen-bond donors (Lipinski definition) is 3. The van der Waals surface area contributed by atoms with Crippen LogP contribution in [0.3, 0.4) is 0 Å².